The number of benzene rings is 1. The minimum absolute atomic E-state index is 0.315. The zero-order valence-electron chi connectivity index (χ0n) is 11.8. The van der Waals surface area contributed by atoms with Crippen molar-refractivity contribution >= 4 is 11.5 Å². The van der Waals surface area contributed by atoms with Gasteiger partial charge in [-0.05, 0) is 41.5 Å². The summed E-state index contributed by atoms with van der Waals surface area (Å²) in [7, 11) is 0. The molecule has 19 heavy (non-hydrogen) atoms. The van der Waals surface area contributed by atoms with E-state index in [4.69, 9.17) is 0 Å². The topological polar surface area (TPSA) is 37.8 Å². The van der Waals surface area contributed by atoms with Gasteiger partial charge in [0.25, 0.3) is 0 Å². The van der Waals surface area contributed by atoms with Gasteiger partial charge in [0.15, 0.2) is 0 Å². The van der Waals surface area contributed by atoms with Crippen LogP contribution in [-0.4, -0.2) is 16.1 Å². The predicted molar refractivity (Wildman–Crippen MR) is 80.6 cm³/mol. The van der Waals surface area contributed by atoms with Crippen LogP contribution in [0.1, 0.15) is 48.7 Å². The maximum absolute atomic E-state index is 3.96. The van der Waals surface area contributed by atoms with E-state index >= 15 is 0 Å². The van der Waals surface area contributed by atoms with Gasteiger partial charge in [0.05, 0.1) is 11.1 Å². The Morgan fingerprint density at radius 2 is 1.95 bits per heavy atom. The summed E-state index contributed by atoms with van der Waals surface area (Å²) < 4.78 is 3.96. The first-order valence-electron chi connectivity index (χ1n) is 6.80. The van der Waals surface area contributed by atoms with E-state index in [1.165, 1.54) is 27.5 Å². The summed E-state index contributed by atoms with van der Waals surface area (Å²) in [5, 5.41) is 7.43. The second-order valence-corrected chi connectivity index (χ2v) is 5.85. The lowest BCUT2D eigenvalue weighted by Crippen LogP contribution is -2.22. The molecule has 102 valence electrons. The zero-order chi connectivity index (χ0) is 13.7. The monoisotopic (exact) mass is 275 g/mol. The summed E-state index contributed by atoms with van der Waals surface area (Å²) in [4.78, 5) is 1.20. The molecule has 1 heterocycles. The lowest BCUT2D eigenvalue weighted by Gasteiger charge is -2.16. The van der Waals surface area contributed by atoms with Crippen LogP contribution in [0.15, 0.2) is 30.5 Å². The molecule has 2 aromatic rings. The molecule has 1 atom stereocenters. The second kappa shape index (κ2) is 6.78. The Labute approximate surface area is 119 Å². The normalized spacial score (nSPS) is 12.8. The van der Waals surface area contributed by atoms with Crippen molar-refractivity contribution in [1.29, 1.82) is 0 Å². The molecular formula is C15H21N3S. The molecule has 0 saturated carbocycles. The molecule has 0 fully saturated rings. The maximum atomic E-state index is 3.96. The van der Waals surface area contributed by atoms with Crippen LogP contribution in [0.5, 0.6) is 0 Å². The molecule has 0 amide bonds. The van der Waals surface area contributed by atoms with Crippen LogP contribution in [0.4, 0.5) is 0 Å². The highest BCUT2D eigenvalue weighted by molar-refractivity contribution is 7.05. The van der Waals surface area contributed by atoms with E-state index in [0.717, 1.165) is 13.0 Å². The Kier molecular flexibility index (Phi) is 5.05. The highest BCUT2D eigenvalue weighted by Crippen LogP contribution is 2.22. The molecule has 0 spiro atoms. The van der Waals surface area contributed by atoms with Gasteiger partial charge >= 0.3 is 0 Å². The summed E-state index contributed by atoms with van der Waals surface area (Å²) in [6.07, 6.45) is 2.84. The number of likely N-dealkylation sites (N-methyl/N-ethyl adjacent to an activating group) is 1. The lowest BCUT2D eigenvalue weighted by atomic mass is 9.99. The highest BCUT2D eigenvalue weighted by atomic mass is 32.1. The molecule has 4 heteroatoms. The van der Waals surface area contributed by atoms with E-state index in [0.29, 0.717) is 12.0 Å². The fraction of sp³-hybridized carbons (Fsp3) is 0.467. The first kappa shape index (κ1) is 14.2. The lowest BCUT2D eigenvalue weighted by molar-refractivity contribution is 0.557. The van der Waals surface area contributed by atoms with Crippen molar-refractivity contribution in [3.05, 3.63) is 46.5 Å². The number of aromatic nitrogens is 2. The van der Waals surface area contributed by atoms with Crippen molar-refractivity contribution in [2.45, 2.75) is 39.2 Å². The fourth-order valence-electron chi connectivity index (χ4n) is 2.12. The smallest absolute Gasteiger partial charge is 0.0669 e. The predicted octanol–water partition coefficient (Wildman–Crippen LogP) is 3.55. The van der Waals surface area contributed by atoms with Crippen LogP contribution in [0.25, 0.3) is 0 Å². The third-order valence-corrected chi connectivity index (χ3v) is 4.04. The van der Waals surface area contributed by atoms with Crippen LogP contribution < -0.4 is 5.32 Å². The molecule has 0 aliphatic carbocycles. The Balaban J connectivity index is 2.09. The van der Waals surface area contributed by atoms with Crippen molar-refractivity contribution < 1.29 is 0 Å². The largest absolute Gasteiger partial charge is 0.309 e. The number of nitrogens with one attached hydrogen (secondary N) is 1. The number of nitrogens with zero attached hydrogens (tertiary/aromatic N) is 2. The van der Waals surface area contributed by atoms with Gasteiger partial charge in [-0.3, -0.25) is 0 Å². The van der Waals surface area contributed by atoms with E-state index in [1.54, 1.807) is 0 Å². The Morgan fingerprint density at radius 1 is 1.21 bits per heavy atom. The molecule has 1 unspecified atom stereocenters. The molecule has 0 aliphatic rings. The fourth-order valence-corrected chi connectivity index (χ4v) is 2.70. The van der Waals surface area contributed by atoms with Crippen molar-refractivity contribution in [1.82, 2.24) is 14.9 Å². The van der Waals surface area contributed by atoms with Gasteiger partial charge < -0.3 is 5.32 Å². The summed E-state index contributed by atoms with van der Waals surface area (Å²) in [6.45, 7) is 7.52. The molecule has 3 nitrogen and oxygen atoms in total. The highest BCUT2D eigenvalue weighted by Gasteiger charge is 2.13. The minimum Gasteiger partial charge on any atom is -0.309 e. The van der Waals surface area contributed by atoms with E-state index in [-0.39, 0.29) is 0 Å². The van der Waals surface area contributed by atoms with E-state index in [1.807, 2.05) is 6.20 Å². The standard InChI is InChI=1S/C15H21N3S/c1-4-16-14(15-10-17-18-19-15)9-12-5-7-13(8-6-12)11(2)3/h5-8,10-11,14,16H,4,9H2,1-3H3. The molecule has 1 N–H and O–H groups in total. The van der Waals surface area contributed by atoms with Gasteiger partial charge in [-0.25, -0.2) is 0 Å². The van der Waals surface area contributed by atoms with Crippen LogP contribution in [0.3, 0.4) is 0 Å². The summed E-state index contributed by atoms with van der Waals surface area (Å²) >= 11 is 1.47. The molecule has 1 aromatic heterocycles. The first-order chi connectivity index (χ1) is 9.20. The third kappa shape index (κ3) is 3.85. The van der Waals surface area contributed by atoms with Crippen LogP contribution >= 0.6 is 11.5 Å². The molecule has 0 aliphatic heterocycles. The van der Waals surface area contributed by atoms with Crippen LogP contribution in [0.2, 0.25) is 0 Å². The summed E-state index contributed by atoms with van der Waals surface area (Å²) in [5.74, 6) is 0.587. The SMILES string of the molecule is CCNC(Cc1ccc(C(C)C)cc1)c1cnns1. The number of rotatable bonds is 6. The van der Waals surface area contributed by atoms with Crippen molar-refractivity contribution in [3.63, 3.8) is 0 Å². The van der Waals surface area contributed by atoms with E-state index < -0.39 is 0 Å². The van der Waals surface area contributed by atoms with Gasteiger partial charge in [0.2, 0.25) is 0 Å². The molecule has 2 rings (SSSR count). The number of hydrogen-bond donors (Lipinski definition) is 1. The Morgan fingerprint density at radius 3 is 2.47 bits per heavy atom. The van der Waals surface area contributed by atoms with Gasteiger partial charge in [-0.2, -0.15) is 0 Å². The average molecular weight is 275 g/mol. The van der Waals surface area contributed by atoms with Crippen molar-refractivity contribution in [2.24, 2.45) is 0 Å². The second-order valence-electron chi connectivity index (χ2n) is 5.03. The molecule has 1 aromatic carbocycles. The summed E-state index contributed by atoms with van der Waals surface area (Å²) in [5.41, 5.74) is 2.74. The third-order valence-electron chi connectivity index (χ3n) is 3.26. The first-order valence-corrected chi connectivity index (χ1v) is 7.57. The molecule has 0 radical (unpaired) electrons. The molecule has 0 bridgehead atoms. The van der Waals surface area contributed by atoms with Crippen molar-refractivity contribution in [3.8, 4) is 0 Å². The van der Waals surface area contributed by atoms with E-state index in [2.05, 4.69) is 59.9 Å². The minimum atomic E-state index is 0.315. The summed E-state index contributed by atoms with van der Waals surface area (Å²) in [6, 6.07) is 9.24. The van der Waals surface area contributed by atoms with Gasteiger partial charge in [-0.15, -0.1) is 5.10 Å². The van der Waals surface area contributed by atoms with E-state index in [9.17, 15) is 0 Å². The average Bonchev–Trinajstić information content (AvgIpc) is 2.92. The van der Waals surface area contributed by atoms with Gasteiger partial charge in [0, 0.05) is 6.04 Å². The number of hydrogen-bond acceptors (Lipinski definition) is 4. The van der Waals surface area contributed by atoms with Gasteiger partial charge in [-0.1, -0.05) is 49.5 Å². The van der Waals surface area contributed by atoms with Crippen LogP contribution in [-0.2, 0) is 6.42 Å². The molecular weight excluding hydrogens is 254 g/mol. The maximum Gasteiger partial charge on any atom is 0.0669 e. The molecule has 0 saturated heterocycles. The zero-order valence-corrected chi connectivity index (χ0v) is 12.6. The van der Waals surface area contributed by atoms with Crippen LogP contribution in [0, 0.1) is 0 Å². The van der Waals surface area contributed by atoms with Gasteiger partial charge in [0.1, 0.15) is 0 Å². The Hall–Kier alpha value is -1.26. The Bertz CT molecular complexity index is 477. The van der Waals surface area contributed by atoms with Crippen molar-refractivity contribution in [2.75, 3.05) is 6.54 Å². The quantitative estimate of drug-likeness (QED) is 0.876.